The summed E-state index contributed by atoms with van der Waals surface area (Å²) in [6, 6.07) is 21.9. The van der Waals surface area contributed by atoms with Gasteiger partial charge in [0.25, 0.3) is 0 Å². The number of urea groups is 1. The van der Waals surface area contributed by atoms with Crippen molar-refractivity contribution >= 4 is 29.1 Å². The second-order valence-corrected chi connectivity index (χ2v) is 7.23. The number of halogens is 2. The Balaban J connectivity index is 1.63. The van der Waals surface area contributed by atoms with Crippen LogP contribution in [0.4, 0.5) is 20.7 Å². The first-order chi connectivity index (χ1) is 15.0. The number of hydrogen-bond donors (Lipinski definition) is 3. The summed E-state index contributed by atoms with van der Waals surface area (Å²) in [7, 11) is 0. The average molecular weight is 436 g/mol. The smallest absolute Gasteiger partial charge is 0.319 e. The maximum absolute atomic E-state index is 13.1. The molecule has 31 heavy (non-hydrogen) atoms. The van der Waals surface area contributed by atoms with E-state index in [2.05, 4.69) is 15.7 Å². The fraction of sp³-hybridized carbons (Fsp3) is 0.0435. The highest BCUT2D eigenvalue weighted by molar-refractivity contribution is 6.30. The summed E-state index contributed by atoms with van der Waals surface area (Å²) < 4.78 is 14.6. The third-order valence-electron chi connectivity index (χ3n) is 4.64. The quantitative estimate of drug-likeness (QED) is 0.401. The van der Waals surface area contributed by atoms with Gasteiger partial charge in [0.1, 0.15) is 17.2 Å². The number of para-hydroxylation sites is 1. The van der Waals surface area contributed by atoms with Crippen molar-refractivity contribution in [3.63, 3.8) is 0 Å². The molecule has 0 saturated heterocycles. The number of hydrogen-bond acceptors (Lipinski definition) is 3. The van der Waals surface area contributed by atoms with Gasteiger partial charge >= 0.3 is 6.03 Å². The molecule has 0 aliphatic heterocycles. The van der Waals surface area contributed by atoms with Gasteiger partial charge in [0.05, 0.1) is 5.69 Å². The molecule has 0 aliphatic carbocycles. The van der Waals surface area contributed by atoms with Crippen molar-refractivity contribution in [1.29, 1.82) is 0 Å². The molecule has 0 unspecified atom stereocenters. The number of amides is 2. The van der Waals surface area contributed by atoms with Gasteiger partial charge in [-0.05, 0) is 42.0 Å². The Morgan fingerprint density at radius 1 is 1.00 bits per heavy atom. The summed E-state index contributed by atoms with van der Waals surface area (Å²) in [5, 5.41) is 10.8. The van der Waals surface area contributed by atoms with Crippen LogP contribution < -0.4 is 16.4 Å². The molecule has 156 valence electrons. The van der Waals surface area contributed by atoms with E-state index in [9.17, 15) is 9.18 Å². The van der Waals surface area contributed by atoms with Gasteiger partial charge in [-0.1, -0.05) is 54.1 Å². The van der Waals surface area contributed by atoms with E-state index in [4.69, 9.17) is 17.3 Å². The largest absolute Gasteiger partial charge is 0.382 e. The van der Waals surface area contributed by atoms with Crippen LogP contribution >= 0.6 is 11.6 Å². The molecule has 0 radical (unpaired) electrons. The monoisotopic (exact) mass is 435 g/mol. The predicted octanol–water partition coefficient (Wildman–Crippen LogP) is 5.24. The molecule has 0 aliphatic rings. The van der Waals surface area contributed by atoms with Crippen LogP contribution in [0.2, 0.25) is 5.02 Å². The van der Waals surface area contributed by atoms with E-state index in [1.807, 2.05) is 30.3 Å². The van der Waals surface area contributed by atoms with Crippen LogP contribution in [0.1, 0.15) is 5.56 Å². The minimum Gasteiger partial charge on any atom is -0.382 e. The molecule has 1 aromatic heterocycles. The first-order valence-corrected chi connectivity index (χ1v) is 9.88. The third-order valence-corrected chi connectivity index (χ3v) is 4.90. The maximum Gasteiger partial charge on any atom is 0.319 e. The summed E-state index contributed by atoms with van der Waals surface area (Å²) >= 11 is 6.01. The Labute approximate surface area is 183 Å². The summed E-state index contributed by atoms with van der Waals surface area (Å²) in [6.07, 6.45) is 0. The molecule has 4 rings (SSSR count). The molecule has 4 N–H and O–H groups in total. The molecule has 1 heterocycles. The molecule has 4 aromatic rings. The number of benzene rings is 3. The summed E-state index contributed by atoms with van der Waals surface area (Å²) in [6.45, 7) is 0.231. The van der Waals surface area contributed by atoms with Gasteiger partial charge in [0.2, 0.25) is 0 Å². The number of nitrogen functional groups attached to an aromatic ring is 1. The minimum atomic E-state index is -0.459. The fourth-order valence-electron chi connectivity index (χ4n) is 3.07. The predicted molar refractivity (Wildman–Crippen MR) is 121 cm³/mol. The van der Waals surface area contributed by atoms with E-state index in [0.29, 0.717) is 16.4 Å². The molecular weight excluding hydrogens is 417 g/mol. The molecule has 0 atom stereocenters. The molecule has 0 fully saturated rings. The molecule has 3 aromatic carbocycles. The lowest BCUT2D eigenvalue weighted by Gasteiger charge is -2.09. The van der Waals surface area contributed by atoms with Crippen LogP contribution in [0, 0.1) is 5.82 Å². The van der Waals surface area contributed by atoms with Crippen LogP contribution in [-0.4, -0.2) is 15.8 Å². The van der Waals surface area contributed by atoms with Crippen LogP contribution in [-0.2, 0) is 6.54 Å². The lowest BCUT2D eigenvalue weighted by molar-refractivity contribution is 0.252. The highest BCUT2D eigenvalue weighted by atomic mass is 35.5. The second kappa shape index (κ2) is 8.89. The van der Waals surface area contributed by atoms with Crippen molar-refractivity contribution in [2.24, 2.45) is 0 Å². The first kappa shape index (κ1) is 20.4. The zero-order valence-electron chi connectivity index (χ0n) is 16.3. The number of anilines is 2. The fourth-order valence-corrected chi connectivity index (χ4v) is 3.20. The first-order valence-electron chi connectivity index (χ1n) is 9.50. The van der Waals surface area contributed by atoms with Crippen molar-refractivity contribution in [2.45, 2.75) is 6.54 Å². The number of aromatic nitrogens is 2. The normalized spacial score (nSPS) is 10.6. The van der Waals surface area contributed by atoms with Gasteiger partial charge in [-0.25, -0.2) is 13.9 Å². The number of carbonyl (C=O) groups is 1. The summed E-state index contributed by atoms with van der Waals surface area (Å²) in [5.74, 6) is -0.0463. The van der Waals surface area contributed by atoms with Crippen molar-refractivity contribution in [2.75, 3.05) is 11.1 Å². The highest BCUT2D eigenvalue weighted by Gasteiger charge is 2.20. The Kier molecular flexibility index (Phi) is 5.86. The standard InChI is InChI=1S/C23H19ClFN5O/c24-17-10-8-16(9-11-17)20-21(22(26)30(29-20)19-4-2-1-3-5-19)28-23(31)27-14-15-6-12-18(25)13-7-15/h1-13H,14,26H2,(H2,27,28,31). The lowest BCUT2D eigenvalue weighted by Crippen LogP contribution is -2.28. The second-order valence-electron chi connectivity index (χ2n) is 6.80. The Bertz CT molecular complexity index is 1190. The van der Waals surface area contributed by atoms with E-state index >= 15 is 0 Å². The van der Waals surface area contributed by atoms with E-state index in [-0.39, 0.29) is 18.2 Å². The van der Waals surface area contributed by atoms with Gasteiger partial charge < -0.3 is 16.4 Å². The summed E-state index contributed by atoms with van der Waals surface area (Å²) in [4.78, 5) is 12.6. The molecule has 0 spiro atoms. The Morgan fingerprint density at radius 3 is 2.35 bits per heavy atom. The SMILES string of the molecule is Nc1c(NC(=O)NCc2ccc(F)cc2)c(-c2ccc(Cl)cc2)nn1-c1ccccc1. The van der Waals surface area contributed by atoms with Crippen LogP contribution in [0.25, 0.3) is 16.9 Å². The maximum atomic E-state index is 13.1. The van der Waals surface area contributed by atoms with Crippen LogP contribution in [0.5, 0.6) is 0 Å². The van der Waals surface area contributed by atoms with E-state index in [0.717, 1.165) is 16.8 Å². The molecular formula is C23H19ClFN5O. The van der Waals surface area contributed by atoms with Crippen LogP contribution in [0.15, 0.2) is 78.9 Å². The highest BCUT2D eigenvalue weighted by Crippen LogP contribution is 2.34. The van der Waals surface area contributed by atoms with E-state index < -0.39 is 6.03 Å². The molecule has 6 nitrogen and oxygen atoms in total. The van der Waals surface area contributed by atoms with Gasteiger partial charge in [-0.3, -0.25) is 0 Å². The van der Waals surface area contributed by atoms with Crippen LogP contribution in [0.3, 0.4) is 0 Å². The van der Waals surface area contributed by atoms with Gasteiger partial charge in [-0.2, -0.15) is 5.10 Å². The van der Waals surface area contributed by atoms with Gasteiger partial charge in [0, 0.05) is 17.1 Å². The minimum absolute atomic E-state index is 0.231. The van der Waals surface area contributed by atoms with Crippen molar-refractivity contribution in [3.05, 3.63) is 95.3 Å². The summed E-state index contributed by atoms with van der Waals surface area (Å²) in [5.41, 5.74) is 9.53. The zero-order chi connectivity index (χ0) is 21.8. The lowest BCUT2D eigenvalue weighted by atomic mass is 10.1. The Morgan fingerprint density at radius 2 is 1.68 bits per heavy atom. The number of nitrogens with two attached hydrogens (primary N) is 1. The van der Waals surface area contributed by atoms with Crippen molar-refractivity contribution in [3.8, 4) is 16.9 Å². The number of nitrogens with zero attached hydrogens (tertiary/aromatic N) is 2. The molecule has 0 bridgehead atoms. The zero-order valence-corrected chi connectivity index (χ0v) is 17.1. The van der Waals surface area contributed by atoms with E-state index in [1.54, 1.807) is 41.1 Å². The number of carbonyl (C=O) groups excluding carboxylic acids is 1. The molecule has 2 amide bonds. The van der Waals surface area contributed by atoms with Crippen molar-refractivity contribution < 1.29 is 9.18 Å². The van der Waals surface area contributed by atoms with Gasteiger partial charge in [0.15, 0.2) is 5.82 Å². The topological polar surface area (TPSA) is 85.0 Å². The van der Waals surface area contributed by atoms with Gasteiger partial charge in [-0.15, -0.1) is 0 Å². The average Bonchev–Trinajstić information content (AvgIpc) is 3.10. The number of rotatable bonds is 5. The molecule has 8 heteroatoms. The van der Waals surface area contributed by atoms with Crippen molar-refractivity contribution in [1.82, 2.24) is 15.1 Å². The third kappa shape index (κ3) is 4.67. The Hall–Kier alpha value is -3.84. The van der Waals surface area contributed by atoms with E-state index in [1.165, 1.54) is 12.1 Å². The molecule has 0 saturated carbocycles. The number of nitrogens with one attached hydrogen (secondary N) is 2.